The fraction of sp³-hybridized carbons (Fsp3) is 0.235. The van der Waals surface area contributed by atoms with Gasteiger partial charge in [-0.3, -0.25) is 9.78 Å². The number of hydrogen-bond acceptors (Lipinski definition) is 3. The van der Waals surface area contributed by atoms with Crippen LogP contribution in [-0.4, -0.2) is 10.9 Å². The van der Waals surface area contributed by atoms with Gasteiger partial charge in [-0.05, 0) is 31.0 Å². The summed E-state index contributed by atoms with van der Waals surface area (Å²) in [7, 11) is 0. The maximum Gasteiger partial charge on any atom is 0.217 e. The first kappa shape index (κ1) is 14.7. The maximum atomic E-state index is 11.4. The minimum Gasteiger partial charge on any atom is -0.348 e. The molecule has 1 atom stereocenters. The molecule has 1 amide bonds. The monoisotopic (exact) mass is 279 g/mol. The molecule has 0 saturated carbocycles. The number of pyridine rings is 1. The quantitative estimate of drug-likeness (QED) is 0.935. The molecular formula is C17H17N3O. The number of nitrogens with zero attached hydrogens (tertiary/aromatic N) is 2. The average molecular weight is 279 g/mol. The third kappa shape index (κ3) is 3.90. The number of hydrogen-bond donors (Lipinski definition) is 1. The number of aryl methyl sites for hydroxylation is 1. The normalized spacial score (nSPS) is 11.5. The first-order valence-corrected chi connectivity index (χ1v) is 6.79. The Morgan fingerprint density at radius 2 is 2.00 bits per heavy atom. The van der Waals surface area contributed by atoms with Crippen LogP contribution in [0.3, 0.4) is 0 Å². The summed E-state index contributed by atoms with van der Waals surface area (Å²) in [5.74, 6) is -0.0975. The molecule has 4 heteroatoms. The third-order valence-electron chi connectivity index (χ3n) is 3.24. The molecule has 1 N–H and O–H groups in total. The van der Waals surface area contributed by atoms with Crippen molar-refractivity contribution in [2.75, 3.05) is 0 Å². The summed E-state index contributed by atoms with van der Waals surface area (Å²) in [5.41, 5.74) is 3.13. The van der Waals surface area contributed by atoms with E-state index in [-0.39, 0.29) is 11.9 Å². The summed E-state index contributed by atoms with van der Waals surface area (Å²) in [6.07, 6.45) is 0.665. The molecule has 0 aliphatic carbocycles. The zero-order valence-corrected chi connectivity index (χ0v) is 12.1. The van der Waals surface area contributed by atoms with Gasteiger partial charge in [0.25, 0.3) is 0 Å². The van der Waals surface area contributed by atoms with Crippen molar-refractivity contribution in [1.82, 2.24) is 10.3 Å². The first-order chi connectivity index (χ1) is 10.1. The van der Waals surface area contributed by atoms with E-state index in [0.717, 1.165) is 11.3 Å². The van der Waals surface area contributed by atoms with Crippen LogP contribution < -0.4 is 5.32 Å². The summed E-state index contributed by atoms with van der Waals surface area (Å²) >= 11 is 0. The predicted octanol–water partition coefficient (Wildman–Crippen LogP) is 2.68. The number of nitrogens with one attached hydrogen (secondary N) is 1. The molecule has 0 aliphatic heterocycles. The largest absolute Gasteiger partial charge is 0.348 e. The smallest absolute Gasteiger partial charge is 0.217 e. The molecule has 0 radical (unpaired) electrons. The second-order valence-electron chi connectivity index (χ2n) is 4.92. The number of benzene rings is 1. The molecule has 21 heavy (non-hydrogen) atoms. The predicted molar refractivity (Wildman–Crippen MR) is 80.4 cm³/mol. The maximum absolute atomic E-state index is 11.4. The highest BCUT2D eigenvalue weighted by atomic mass is 16.1. The Balaban J connectivity index is 2.30. The lowest BCUT2D eigenvalue weighted by atomic mass is 10.0. The molecule has 0 saturated heterocycles. The Hall–Kier alpha value is -2.67. The van der Waals surface area contributed by atoms with Gasteiger partial charge in [-0.25, -0.2) is 0 Å². The zero-order valence-electron chi connectivity index (χ0n) is 12.1. The second-order valence-corrected chi connectivity index (χ2v) is 4.92. The van der Waals surface area contributed by atoms with E-state index in [4.69, 9.17) is 5.26 Å². The summed E-state index contributed by atoms with van der Waals surface area (Å²) in [6, 6.07) is 15.4. The summed E-state index contributed by atoms with van der Waals surface area (Å²) in [5, 5.41) is 11.9. The second kappa shape index (κ2) is 6.67. The third-order valence-corrected chi connectivity index (χ3v) is 3.24. The Morgan fingerprint density at radius 1 is 1.29 bits per heavy atom. The Labute approximate surface area is 124 Å². The molecular weight excluding hydrogens is 262 g/mol. The van der Waals surface area contributed by atoms with Crippen molar-refractivity contribution >= 4 is 5.91 Å². The number of aromatic nitrogens is 1. The van der Waals surface area contributed by atoms with Gasteiger partial charge in [0.1, 0.15) is 6.07 Å². The van der Waals surface area contributed by atoms with Crippen LogP contribution in [0.4, 0.5) is 0 Å². The van der Waals surface area contributed by atoms with Gasteiger partial charge in [0.2, 0.25) is 5.91 Å². The van der Waals surface area contributed by atoms with E-state index in [0.29, 0.717) is 17.7 Å². The van der Waals surface area contributed by atoms with Crippen LogP contribution in [0.25, 0.3) is 0 Å². The molecule has 1 heterocycles. The Kier molecular flexibility index (Phi) is 4.68. The van der Waals surface area contributed by atoms with Crippen molar-refractivity contribution in [3.63, 3.8) is 0 Å². The number of carbonyl (C=O) groups is 1. The topological polar surface area (TPSA) is 65.8 Å². The van der Waals surface area contributed by atoms with Crippen molar-refractivity contribution in [2.45, 2.75) is 26.3 Å². The van der Waals surface area contributed by atoms with Crippen LogP contribution in [-0.2, 0) is 11.2 Å². The van der Waals surface area contributed by atoms with E-state index in [1.165, 1.54) is 6.92 Å². The van der Waals surface area contributed by atoms with Crippen molar-refractivity contribution in [1.29, 1.82) is 5.26 Å². The summed E-state index contributed by atoms with van der Waals surface area (Å²) in [4.78, 5) is 15.9. The lowest BCUT2D eigenvalue weighted by molar-refractivity contribution is -0.119. The molecule has 106 valence electrons. The van der Waals surface area contributed by atoms with E-state index in [2.05, 4.69) is 16.4 Å². The Bertz CT molecular complexity index is 674. The fourth-order valence-electron chi connectivity index (χ4n) is 2.22. The van der Waals surface area contributed by atoms with Crippen molar-refractivity contribution < 1.29 is 4.79 Å². The van der Waals surface area contributed by atoms with Crippen LogP contribution in [0.2, 0.25) is 0 Å². The van der Waals surface area contributed by atoms with Gasteiger partial charge in [0.05, 0.1) is 23.0 Å². The van der Waals surface area contributed by atoms with Gasteiger partial charge < -0.3 is 5.32 Å². The van der Waals surface area contributed by atoms with E-state index in [1.54, 1.807) is 19.1 Å². The molecule has 0 bridgehead atoms. The van der Waals surface area contributed by atoms with Gasteiger partial charge in [-0.1, -0.05) is 30.3 Å². The van der Waals surface area contributed by atoms with Gasteiger partial charge in [0.15, 0.2) is 0 Å². The summed E-state index contributed by atoms with van der Waals surface area (Å²) in [6.45, 7) is 3.30. The van der Waals surface area contributed by atoms with Gasteiger partial charge in [-0.15, -0.1) is 0 Å². The number of amides is 1. The van der Waals surface area contributed by atoms with Gasteiger partial charge >= 0.3 is 0 Å². The minimum absolute atomic E-state index is 0.0975. The molecule has 2 aromatic rings. The summed E-state index contributed by atoms with van der Waals surface area (Å²) < 4.78 is 0. The standard InChI is InChI=1S/C17H17N3O/c1-12-15(11-18)8-9-16(19-12)17(20-13(2)21)10-14-6-4-3-5-7-14/h3-9,17H,10H2,1-2H3,(H,20,21)/t17-/m0/s1. The molecule has 0 fully saturated rings. The van der Waals surface area contributed by atoms with Crippen molar-refractivity contribution in [3.8, 4) is 6.07 Å². The minimum atomic E-state index is -0.198. The first-order valence-electron chi connectivity index (χ1n) is 6.79. The zero-order chi connectivity index (χ0) is 15.2. The number of nitriles is 1. The lowest BCUT2D eigenvalue weighted by Crippen LogP contribution is -2.28. The van der Waals surface area contributed by atoms with E-state index in [1.807, 2.05) is 30.3 Å². The molecule has 0 unspecified atom stereocenters. The van der Waals surface area contributed by atoms with E-state index in [9.17, 15) is 4.79 Å². The van der Waals surface area contributed by atoms with Crippen LogP contribution >= 0.6 is 0 Å². The SMILES string of the molecule is CC(=O)N[C@@H](Cc1ccccc1)c1ccc(C#N)c(C)n1. The molecule has 1 aromatic heterocycles. The van der Waals surface area contributed by atoms with Crippen LogP contribution in [0, 0.1) is 18.3 Å². The average Bonchev–Trinajstić information content (AvgIpc) is 2.47. The fourth-order valence-corrected chi connectivity index (χ4v) is 2.22. The van der Waals surface area contributed by atoms with Crippen molar-refractivity contribution in [2.24, 2.45) is 0 Å². The number of carbonyl (C=O) groups excluding carboxylic acids is 1. The highest BCUT2D eigenvalue weighted by Gasteiger charge is 2.16. The molecule has 1 aromatic carbocycles. The Morgan fingerprint density at radius 3 is 2.57 bits per heavy atom. The molecule has 2 rings (SSSR count). The highest BCUT2D eigenvalue weighted by Crippen LogP contribution is 2.18. The lowest BCUT2D eigenvalue weighted by Gasteiger charge is -2.18. The van der Waals surface area contributed by atoms with E-state index < -0.39 is 0 Å². The molecule has 0 aliphatic rings. The van der Waals surface area contributed by atoms with Gasteiger partial charge in [0, 0.05) is 6.92 Å². The molecule has 4 nitrogen and oxygen atoms in total. The van der Waals surface area contributed by atoms with Crippen molar-refractivity contribution in [3.05, 3.63) is 65.0 Å². The van der Waals surface area contributed by atoms with Crippen LogP contribution in [0.5, 0.6) is 0 Å². The van der Waals surface area contributed by atoms with Crippen LogP contribution in [0.15, 0.2) is 42.5 Å². The van der Waals surface area contributed by atoms with E-state index >= 15 is 0 Å². The molecule has 0 spiro atoms. The van der Waals surface area contributed by atoms with Gasteiger partial charge in [-0.2, -0.15) is 5.26 Å². The number of rotatable bonds is 4. The van der Waals surface area contributed by atoms with Crippen LogP contribution in [0.1, 0.15) is 35.5 Å². The highest BCUT2D eigenvalue weighted by molar-refractivity contribution is 5.73.